The van der Waals surface area contributed by atoms with Crippen molar-refractivity contribution in [1.82, 2.24) is 5.32 Å². The molecule has 9 nitrogen and oxygen atoms in total. The van der Waals surface area contributed by atoms with Gasteiger partial charge in [-0.25, -0.2) is 0 Å². The molecule has 7 atom stereocenters. The van der Waals surface area contributed by atoms with E-state index in [9.17, 15) is 30.3 Å². The molecule has 1 saturated heterocycles. The summed E-state index contributed by atoms with van der Waals surface area (Å²) in [5.41, 5.74) is 0. The highest BCUT2D eigenvalue weighted by Gasteiger charge is 2.44. The van der Waals surface area contributed by atoms with Crippen molar-refractivity contribution < 1.29 is 39.8 Å². The Labute approximate surface area is 318 Å². The average Bonchev–Trinajstić information content (AvgIpc) is 3.14. The summed E-state index contributed by atoms with van der Waals surface area (Å²) in [5, 5.41) is 54.1. The molecule has 0 spiro atoms. The molecule has 0 aromatic carbocycles. The fourth-order valence-corrected chi connectivity index (χ4v) is 7.04. The van der Waals surface area contributed by atoms with Gasteiger partial charge in [0.2, 0.25) is 5.91 Å². The summed E-state index contributed by atoms with van der Waals surface area (Å²) in [5.74, 6) is -0.176. The van der Waals surface area contributed by atoms with E-state index in [0.717, 1.165) is 38.5 Å². The van der Waals surface area contributed by atoms with Crippen molar-refractivity contribution in [2.75, 3.05) is 13.2 Å². The van der Waals surface area contributed by atoms with Gasteiger partial charge in [-0.2, -0.15) is 0 Å². The summed E-state index contributed by atoms with van der Waals surface area (Å²) in [6.07, 6.45) is 31.0. The molecule has 0 aromatic rings. The van der Waals surface area contributed by atoms with E-state index in [0.29, 0.717) is 6.42 Å². The molecule has 0 saturated carbocycles. The molecule has 6 N–H and O–H groups in total. The fourth-order valence-electron chi connectivity index (χ4n) is 7.04. The van der Waals surface area contributed by atoms with E-state index in [1.165, 1.54) is 141 Å². The predicted molar refractivity (Wildman–Crippen MR) is 212 cm³/mol. The Kier molecular flexibility index (Phi) is 32.4. The van der Waals surface area contributed by atoms with Crippen molar-refractivity contribution in [1.29, 1.82) is 0 Å². The van der Waals surface area contributed by atoms with Gasteiger partial charge in [0.15, 0.2) is 6.29 Å². The zero-order valence-electron chi connectivity index (χ0n) is 33.6. The zero-order valence-corrected chi connectivity index (χ0v) is 33.6. The molecule has 1 amide bonds. The van der Waals surface area contributed by atoms with Crippen LogP contribution in [0.2, 0.25) is 0 Å². The number of carbonyl (C=O) groups is 1. The van der Waals surface area contributed by atoms with E-state index in [1.54, 1.807) is 6.08 Å². The van der Waals surface area contributed by atoms with Crippen LogP contribution in [0.4, 0.5) is 0 Å². The van der Waals surface area contributed by atoms with Gasteiger partial charge < -0.3 is 40.3 Å². The maximum absolute atomic E-state index is 12.9. The number of ether oxygens (including phenoxy) is 2. The van der Waals surface area contributed by atoms with Crippen LogP contribution in [0.3, 0.4) is 0 Å². The number of hydrogen-bond acceptors (Lipinski definition) is 8. The molecule has 1 rings (SSSR count). The van der Waals surface area contributed by atoms with E-state index in [4.69, 9.17) is 9.47 Å². The Morgan fingerprint density at radius 3 is 1.50 bits per heavy atom. The predicted octanol–water partition coefficient (Wildman–Crippen LogP) is 8.56. The first-order valence-corrected chi connectivity index (χ1v) is 21.9. The molecule has 0 aliphatic carbocycles. The zero-order chi connectivity index (χ0) is 38.1. The lowest BCUT2D eigenvalue weighted by molar-refractivity contribution is -0.302. The van der Waals surface area contributed by atoms with Gasteiger partial charge in [-0.05, 0) is 19.3 Å². The average molecular weight is 742 g/mol. The second-order valence-electron chi connectivity index (χ2n) is 15.5. The molecular formula is C43H83NO8. The van der Waals surface area contributed by atoms with Crippen LogP contribution in [0.15, 0.2) is 12.2 Å². The first kappa shape index (κ1) is 48.9. The quantitative estimate of drug-likeness (QED) is 0.0277. The SMILES string of the molecule is CCCCCCCCCCCCCCC/C=C/[C@@H](O)[C@H](CO[C@@H]1O[C@H](CO)[C@@H](O)C(O)C1O)NC(=O)CCCCCCCCCCCCCCCC. The molecule has 9 heteroatoms. The van der Waals surface area contributed by atoms with Crippen molar-refractivity contribution in [2.24, 2.45) is 0 Å². The van der Waals surface area contributed by atoms with E-state index in [1.807, 2.05) is 6.08 Å². The minimum absolute atomic E-state index is 0.176. The fraction of sp³-hybridized carbons (Fsp3) is 0.930. The highest BCUT2D eigenvalue weighted by molar-refractivity contribution is 5.76. The maximum Gasteiger partial charge on any atom is 0.220 e. The second-order valence-corrected chi connectivity index (χ2v) is 15.5. The Bertz CT molecular complexity index is 827. The summed E-state index contributed by atoms with van der Waals surface area (Å²) >= 11 is 0. The van der Waals surface area contributed by atoms with E-state index >= 15 is 0 Å². The lowest BCUT2D eigenvalue weighted by Crippen LogP contribution is -2.60. The number of rotatable bonds is 36. The summed E-state index contributed by atoms with van der Waals surface area (Å²) < 4.78 is 11.2. The molecule has 52 heavy (non-hydrogen) atoms. The number of aliphatic hydroxyl groups is 5. The van der Waals surface area contributed by atoms with E-state index in [2.05, 4.69) is 19.2 Å². The Hall–Kier alpha value is -1.07. The van der Waals surface area contributed by atoms with Gasteiger partial charge in [0.25, 0.3) is 0 Å². The summed E-state index contributed by atoms with van der Waals surface area (Å²) in [4.78, 5) is 12.9. The minimum Gasteiger partial charge on any atom is -0.394 e. The molecule has 1 aliphatic rings. The summed E-state index contributed by atoms with van der Waals surface area (Å²) in [7, 11) is 0. The van der Waals surface area contributed by atoms with Gasteiger partial charge in [0, 0.05) is 6.42 Å². The first-order chi connectivity index (χ1) is 25.3. The molecule has 1 fully saturated rings. The number of carbonyl (C=O) groups excluding carboxylic acids is 1. The smallest absolute Gasteiger partial charge is 0.220 e. The van der Waals surface area contributed by atoms with Crippen molar-refractivity contribution >= 4 is 5.91 Å². The highest BCUT2D eigenvalue weighted by atomic mass is 16.7. The van der Waals surface area contributed by atoms with Gasteiger partial charge in [-0.1, -0.05) is 187 Å². The molecule has 0 bridgehead atoms. The second kappa shape index (κ2) is 34.4. The molecule has 1 aliphatic heterocycles. The highest BCUT2D eigenvalue weighted by Crippen LogP contribution is 2.22. The standard InChI is InChI=1S/C43H83NO8/c1-3-5-7-9-11-13-15-17-19-20-22-24-26-28-30-32-37(46)36(35-51-43-42(50)41(49)40(48)38(34-45)52-43)44-39(47)33-31-29-27-25-23-21-18-16-14-12-10-8-6-4-2/h30,32,36-38,40-43,45-46,48-50H,3-29,31,33-35H2,1-2H3,(H,44,47)/b32-30+/t36-,37+,38+,40+,41?,42?,43+/m0/s1. The van der Waals surface area contributed by atoms with Gasteiger partial charge >= 0.3 is 0 Å². The Balaban J connectivity index is 2.39. The number of allylic oxidation sites excluding steroid dienone is 1. The van der Waals surface area contributed by atoms with Crippen LogP contribution >= 0.6 is 0 Å². The van der Waals surface area contributed by atoms with Crippen molar-refractivity contribution in [3.63, 3.8) is 0 Å². The van der Waals surface area contributed by atoms with Gasteiger partial charge in [-0.15, -0.1) is 0 Å². The lowest BCUT2D eigenvalue weighted by Gasteiger charge is -2.40. The summed E-state index contributed by atoms with van der Waals surface area (Å²) in [6.45, 7) is 3.77. The number of hydrogen-bond donors (Lipinski definition) is 6. The van der Waals surface area contributed by atoms with E-state index < -0.39 is 49.5 Å². The van der Waals surface area contributed by atoms with Gasteiger partial charge in [0.1, 0.15) is 24.4 Å². The van der Waals surface area contributed by atoms with Crippen LogP contribution in [-0.4, -0.2) is 87.5 Å². The topological polar surface area (TPSA) is 149 Å². The summed E-state index contributed by atoms with van der Waals surface area (Å²) in [6, 6.07) is -0.797. The first-order valence-electron chi connectivity index (χ1n) is 21.9. The van der Waals surface area contributed by atoms with E-state index in [-0.39, 0.29) is 12.5 Å². The largest absolute Gasteiger partial charge is 0.394 e. The van der Waals surface area contributed by atoms with Crippen LogP contribution < -0.4 is 5.32 Å². The molecule has 0 radical (unpaired) electrons. The third-order valence-electron chi connectivity index (χ3n) is 10.6. The van der Waals surface area contributed by atoms with Crippen molar-refractivity contribution in [3.8, 4) is 0 Å². The molecule has 308 valence electrons. The molecule has 0 aromatic heterocycles. The van der Waals surface area contributed by atoms with Crippen LogP contribution in [0, 0.1) is 0 Å². The van der Waals surface area contributed by atoms with Crippen molar-refractivity contribution in [2.45, 2.75) is 243 Å². The van der Waals surface area contributed by atoms with Gasteiger partial charge in [0.05, 0.1) is 25.4 Å². The molecular weight excluding hydrogens is 658 g/mol. The molecule has 2 unspecified atom stereocenters. The van der Waals surface area contributed by atoms with Crippen molar-refractivity contribution in [3.05, 3.63) is 12.2 Å². The number of amides is 1. The third-order valence-corrected chi connectivity index (χ3v) is 10.6. The third kappa shape index (κ3) is 25.1. The monoisotopic (exact) mass is 742 g/mol. The van der Waals surface area contributed by atoms with Crippen LogP contribution in [0.5, 0.6) is 0 Å². The Morgan fingerprint density at radius 2 is 1.06 bits per heavy atom. The van der Waals surface area contributed by atoms with Gasteiger partial charge in [-0.3, -0.25) is 4.79 Å². The van der Waals surface area contributed by atoms with Crippen LogP contribution in [-0.2, 0) is 14.3 Å². The number of aliphatic hydroxyl groups excluding tert-OH is 5. The lowest BCUT2D eigenvalue weighted by atomic mass is 9.99. The Morgan fingerprint density at radius 1 is 0.635 bits per heavy atom. The van der Waals surface area contributed by atoms with Crippen LogP contribution in [0.1, 0.15) is 200 Å². The normalized spacial score (nSPS) is 21.9. The maximum atomic E-state index is 12.9. The number of unbranched alkanes of at least 4 members (excludes halogenated alkanes) is 26. The minimum atomic E-state index is -1.56. The van der Waals surface area contributed by atoms with Crippen LogP contribution in [0.25, 0.3) is 0 Å². The number of nitrogens with one attached hydrogen (secondary N) is 1. The molecule has 1 heterocycles.